The second-order valence-corrected chi connectivity index (χ2v) is 5.35. The Kier molecular flexibility index (Phi) is 3.27. The summed E-state index contributed by atoms with van der Waals surface area (Å²) in [5, 5.41) is 6.78. The van der Waals surface area contributed by atoms with Gasteiger partial charge in [0.05, 0.1) is 11.7 Å². The molecule has 0 fully saturated rings. The molecule has 1 atom stereocenters. The van der Waals surface area contributed by atoms with Crippen molar-refractivity contribution in [1.29, 1.82) is 0 Å². The predicted molar refractivity (Wildman–Crippen MR) is 79.5 cm³/mol. The number of nitrogens with zero attached hydrogens (tertiary/aromatic N) is 2. The van der Waals surface area contributed by atoms with Crippen molar-refractivity contribution < 1.29 is 0 Å². The minimum absolute atomic E-state index is 0.101. The molecule has 0 aliphatic carbocycles. The Labute approximate surface area is 116 Å². The van der Waals surface area contributed by atoms with Crippen LogP contribution in [-0.4, -0.2) is 17.0 Å². The van der Waals surface area contributed by atoms with E-state index in [0.29, 0.717) is 0 Å². The van der Waals surface area contributed by atoms with Gasteiger partial charge in [-0.15, -0.1) is 11.3 Å². The molecular weight excluding hydrogens is 254 g/mol. The summed E-state index contributed by atoms with van der Waals surface area (Å²) in [5.74, 6) is 0.802. The van der Waals surface area contributed by atoms with E-state index in [1.165, 1.54) is 15.6 Å². The Bertz CT molecular complexity index is 705. The van der Waals surface area contributed by atoms with Gasteiger partial charge in [-0.05, 0) is 42.4 Å². The SMILES string of the molecule is CNC(c1ccnc(C)n1)c1cccc2ccsc12. The molecule has 0 radical (unpaired) electrons. The van der Waals surface area contributed by atoms with E-state index in [-0.39, 0.29) is 6.04 Å². The van der Waals surface area contributed by atoms with Gasteiger partial charge >= 0.3 is 0 Å². The normalized spacial score (nSPS) is 12.7. The monoisotopic (exact) mass is 269 g/mol. The van der Waals surface area contributed by atoms with Crippen LogP contribution >= 0.6 is 11.3 Å². The van der Waals surface area contributed by atoms with E-state index in [2.05, 4.69) is 44.9 Å². The van der Waals surface area contributed by atoms with Crippen molar-refractivity contribution in [3.05, 3.63) is 59.0 Å². The minimum atomic E-state index is 0.101. The van der Waals surface area contributed by atoms with E-state index >= 15 is 0 Å². The van der Waals surface area contributed by atoms with Crippen LogP contribution in [-0.2, 0) is 0 Å². The molecule has 1 N–H and O–H groups in total. The lowest BCUT2D eigenvalue weighted by molar-refractivity contribution is 0.670. The minimum Gasteiger partial charge on any atom is -0.308 e. The standard InChI is InChI=1S/C15H15N3S/c1-10-17-8-6-13(18-10)14(16-2)12-5-3-4-11-7-9-19-15(11)12/h3-9,14,16H,1-2H3. The zero-order chi connectivity index (χ0) is 13.2. The highest BCUT2D eigenvalue weighted by Gasteiger charge is 2.16. The molecule has 19 heavy (non-hydrogen) atoms. The second-order valence-electron chi connectivity index (χ2n) is 4.44. The first-order valence-corrected chi connectivity index (χ1v) is 7.10. The zero-order valence-corrected chi connectivity index (χ0v) is 11.7. The highest BCUT2D eigenvalue weighted by Crippen LogP contribution is 2.31. The third kappa shape index (κ3) is 2.25. The zero-order valence-electron chi connectivity index (χ0n) is 10.9. The summed E-state index contributed by atoms with van der Waals surface area (Å²) in [6.07, 6.45) is 1.82. The Balaban J connectivity index is 2.14. The molecule has 2 heterocycles. The Morgan fingerprint density at radius 2 is 2.11 bits per heavy atom. The molecule has 1 unspecified atom stereocenters. The van der Waals surface area contributed by atoms with Crippen molar-refractivity contribution >= 4 is 21.4 Å². The first kappa shape index (κ1) is 12.3. The molecule has 0 spiro atoms. The smallest absolute Gasteiger partial charge is 0.125 e. The van der Waals surface area contributed by atoms with E-state index in [1.807, 2.05) is 26.2 Å². The van der Waals surface area contributed by atoms with E-state index in [4.69, 9.17) is 0 Å². The molecule has 3 nitrogen and oxygen atoms in total. The molecule has 0 aliphatic rings. The molecule has 0 amide bonds. The maximum atomic E-state index is 4.54. The molecule has 3 aromatic rings. The molecular formula is C15H15N3S. The number of hydrogen-bond acceptors (Lipinski definition) is 4. The number of fused-ring (bicyclic) bond motifs is 1. The third-order valence-corrected chi connectivity index (χ3v) is 4.18. The van der Waals surface area contributed by atoms with Gasteiger partial charge in [0, 0.05) is 10.9 Å². The van der Waals surface area contributed by atoms with Crippen molar-refractivity contribution in [1.82, 2.24) is 15.3 Å². The molecule has 0 saturated heterocycles. The van der Waals surface area contributed by atoms with Gasteiger partial charge in [-0.2, -0.15) is 0 Å². The van der Waals surface area contributed by atoms with E-state index in [9.17, 15) is 0 Å². The van der Waals surface area contributed by atoms with Crippen LogP contribution in [0.4, 0.5) is 0 Å². The second kappa shape index (κ2) is 5.07. The first-order chi connectivity index (χ1) is 9.29. The van der Waals surface area contributed by atoms with Crippen LogP contribution in [0.25, 0.3) is 10.1 Å². The quantitative estimate of drug-likeness (QED) is 0.792. The molecule has 2 aromatic heterocycles. The average Bonchev–Trinajstić information content (AvgIpc) is 2.89. The average molecular weight is 269 g/mol. The topological polar surface area (TPSA) is 37.8 Å². The molecule has 0 aliphatic heterocycles. The van der Waals surface area contributed by atoms with Crippen molar-refractivity contribution in [3.63, 3.8) is 0 Å². The van der Waals surface area contributed by atoms with Crippen molar-refractivity contribution in [2.24, 2.45) is 0 Å². The van der Waals surface area contributed by atoms with Gasteiger partial charge in [-0.1, -0.05) is 18.2 Å². The van der Waals surface area contributed by atoms with Crippen LogP contribution < -0.4 is 5.32 Å². The Morgan fingerprint density at radius 3 is 2.89 bits per heavy atom. The molecule has 0 saturated carbocycles. The fraction of sp³-hybridized carbons (Fsp3) is 0.200. The molecule has 96 valence electrons. The summed E-state index contributed by atoms with van der Waals surface area (Å²) in [7, 11) is 1.97. The lowest BCUT2D eigenvalue weighted by Gasteiger charge is -2.17. The van der Waals surface area contributed by atoms with Gasteiger partial charge in [0.1, 0.15) is 5.82 Å². The van der Waals surface area contributed by atoms with E-state index < -0.39 is 0 Å². The number of nitrogens with one attached hydrogen (secondary N) is 1. The predicted octanol–water partition coefficient (Wildman–Crippen LogP) is 3.31. The van der Waals surface area contributed by atoms with Crippen LogP contribution in [0, 0.1) is 6.92 Å². The summed E-state index contributed by atoms with van der Waals surface area (Å²) in [6.45, 7) is 1.92. The van der Waals surface area contributed by atoms with Gasteiger partial charge in [-0.3, -0.25) is 0 Å². The van der Waals surface area contributed by atoms with E-state index in [1.54, 1.807) is 11.3 Å². The largest absolute Gasteiger partial charge is 0.308 e. The fourth-order valence-electron chi connectivity index (χ4n) is 2.34. The van der Waals surface area contributed by atoms with Crippen LogP contribution in [0.3, 0.4) is 0 Å². The molecule has 0 bridgehead atoms. The van der Waals surface area contributed by atoms with Crippen LogP contribution in [0.2, 0.25) is 0 Å². The first-order valence-electron chi connectivity index (χ1n) is 6.22. The molecule has 1 aromatic carbocycles. The van der Waals surface area contributed by atoms with Gasteiger partial charge < -0.3 is 5.32 Å². The fourth-order valence-corrected chi connectivity index (χ4v) is 3.29. The lowest BCUT2D eigenvalue weighted by Crippen LogP contribution is -2.19. The number of rotatable bonds is 3. The van der Waals surface area contributed by atoms with Gasteiger partial charge in [0.25, 0.3) is 0 Å². The number of thiophene rings is 1. The highest BCUT2D eigenvalue weighted by molar-refractivity contribution is 7.17. The summed E-state index contributed by atoms with van der Waals surface area (Å²) in [6, 6.07) is 10.6. The summed E-state index contributed by atoms with van der Waals surface area (Å²) in [4.78, 5) is 8.71. The van der Waals surface area contributed by atoms with Crippen LogP contribution in [0.15, 0.2) is 41.9 Å². The maximum Gasteiger partial charge on any atom is 0.125 e. The highest BCUT2D eigenvalue weighted by atomic mass is 32.1. The van der Waals surface area contributed by atoms with Crippen molar-refractivity contribution in [2.75, 3.05) is 7.05 Å². The summed E-state index contributed by atoms with van der Waals surface area (Å²) >= 11 is 1.77. The number of hydrogen-bond donors (Lipinski definition) is 1. The Hall–Kier alpha value is -1.78. The summed E-state index contributed by atoms with van der Waals surface area (Å²) < 4.78 is 1.32. The number of aryl methyl sites for hydroxylation is 1. The van der Waals surface area contributed by atoms with Gasteiger partial charge in [-0.25, -0.2) is 9.97 Å². The third-order valence-electron chi connectivity index (χ3n) is 3.20. The molecule has 4 heteroatoms. The molecule has 3 rings (SSSR count). The Morgan fingerprint density at radius 1 is 1.21 bits per heavy atom. The number of aromatic nitrogens is 2. The van der Waals surface area contributed by atoms with Gasteiger partial charge in [0.2, 0.25) is 0 Å². The van der Waals surface area contributed by atoms with E-state index in [0.717, 1.165) is 11.5 Å². The van der Waals surface area contributed by atoms with Gasteiger partial charge in [0.15, 0.2) is 0 Å². The summed E-state index contributed by atoms with van der Waals surface area (Å²) in [5.41, 5.74) is 2.28. The van der Waals surface area contributed by atoms with Crippen LogP contribution in [0.5, 0.6) is 0 Å². The maximum absolute atomic E-state index is 4.54. The lowest BCUT2D eigenvalue weighted by atomic mass is 10.0. The van der Waals surface area contributed by atoms with Crippen molar-refractivity contribution in [3.8, 4) is 0 Å². The van der Waals surface area contributed by atoms with Crippen molar-refractivity contribution in [2.45, 2.75) is 13.0 Å². The van der Waals surface area contributed by atoms with Crippen LogP contribution in [0.1, 0.15) is 23.1 Å². The number of benzene rings is 1.